The van der Waals surface area contributed by atoms with Crippen LogP contribution in [0.25, 0.3) is 17.4 Å². The van der Waals surface area contributed by atoms with E-state index in [1.54, 1.807) is 41.8 Å². The van der Waals surface area contributed by atoms with E-state index in [4.69, 9.17) is 28.2 Å². The van der Waals surface area contributed by atoms with Crippen molar-refractivity contribution in [1.29, 1.82) is 0 Å². The van der Waals surface area contributed by atoms with Gasteiger partial charge in [0.1, 0.15) is 11.5 Å². The number of carbonyl (C=O) groups is 2. The third kappa shape index (κ3) is 3.90. The van der Waals surface area contributed by atoms with Crippen LogP contribution >= 0.6 is 46.9 Å². The van der Waals surface area contributed by atoms with E-state index in [9.17, 15) is 9.59 Å². The first kappa shape index (κ1) is 18.9. The molecule has 2 amide bonds. The first-order chi connectivity index (χ1) is 13.5. The molecule has 5 nitrogen and oxygen atoms in total. The molecule has 4 rings (SSSR count). The quantitative estimate of drug-likeness (QED) is 0.440. The van der Waals surface area contributed by atoms with E-state index in [1.807, 2.05) is 18.2 Å². The first-order valence-electron chi connectivity index (χ1n) is 7.99. The fraction of sp³-hybridized carbons (Fsp3) is 0. The number of halogens is 1. The molecule has 140 valence electrons. The number of nitrogens with one attached hydrogen (secondary N) is 1. The van der Waals surface area contributed by atoms with Crippen LogP contribution in [0, 0.1) is 0 Å². The number of thioether (sulfide) groups is 1. The molecule has 0 unspecified atom stereocenters. The van der Waals surface area contributed by atoms with Crippen LogP contribution in [0.15, 0.2) is 63.2 Å². The van der Waals surface area contributed by atoms with Crippen molar-refractivity contribution in [2.75, 3.05) is 0 Å². The molecule has 9 heteroatoms. The molecule has 0 atom stereocenters. The van der Waals surface area contributed by atoms with Crippen LogP contribution in [-0.4, -0.2) is 21.1 Å². The molecule has 0 bridgehead atoms. The Balaban J connectivity index is 1.51. The van der Waals surface area contributed by atoms with Crippen molar-refractivity contribution in [2.24, 2.45) is 0 Å². The Kier molecular flexibility index (Phi) is 5.36. The summed E-state index contributed by atoms with van der Waals surface area (Å²) in [4.78, 5) is 25.7. The summed E-state index contributed by atoms with van der Waals surface area (Å²) in [7, 11) is 0. The second kappa shape index (κ2) is 7.92. The topological polar surface area (TPSA) is 62.6 Å². The van der Waals surface area contributed by atoms with Gasteiger partial charge in [0.15, 0.2) is 4.32 Å². The fourth-order valence-corrected chi connectivity index (χ4v) is 4.36. The normalized spacial score (nSPS) is 15.5. The zero-order chi connectivity index (χ0) is 19.7. The summed E-state index contributed by atoms with van der Waals surface area (Å²) in [6.07, 6.45) is 1.61. The maximum atomic E-state index is 12.6. The SMILES string of the molecule is O=C(NN1C(=O)/C(=C\c2ccc(-c3ccc(Cl)cc3)o2)SC1=S)c1cccs1. The number of rotatable bonds is 4. The van der Waals surface area contributed by atoms with Gasteiger partial charge >= 0.3 is 0 Å². The average molecular weight is 447 g/mol. The number of benzene rings is 1. The Hall–Kier alpha value is -2.39. The standard InChI is InChI=1S/C19H11ClN2O3S3/c20-12-5-3-11(4-6-12)14-8-7-13(25-14)10-16-18(24)22(19(26)28-16)21-17(23)15-2-1-9-27-15/h1-10H,(H,21,23)/b16-10+. The first-order valence-corrected chi connectivity index (χ1v) is 10.5. The predicted molar refractivity (Wildman–Crippen MR) is 116 cm³/mol. The van der Waals surface area contributed by atoms with Crippen LogP contribution in [0.4, 0.5) is 0 Å². The van der Waals surface area contributed by atoms with E-state index in [0.29, 0.717) is 26.3 Å². The lowest BCUT2D eigenvalue weighted by molar-refractivity contribution is -0.123. The van der Waals surface area contributed by atoms with Crippen molar-refractivity contribution in [3.05, 3.63) is 74.5 Å². The summed E-state index contributed by atoms with van der Waals surface area (Å²) < 4.78 is 6.05. The van der Waals surface area contributed by atoms with Crippen LogP contribution in [0.1, 0.15) is 15.4 Å². The van der Waals surface area contributed by atoms with Gasteiger partial charge in [0.25, 0.3) is 11.8 Å². The lowest BCUT2D eigenvalue weighted by Gasteiger charge is -2.14. The maximum Gasteiger partial charge on any atom is 0.285 e. The number of amides is 2. The van der Waals surface area contributed by atoms with E-state index in [1.165, 1.54) is 11.3 Å². The molecule has 1 aromatic carbocycles. The molecule has 3 aromatic rings. The maximum absolute atomic E-state index is 12.6. The zero-order valence-corrected chi connectivity index (χ0v) is 17.3. The van der Waals surface area contributed by atoms with Gasteiger partial charge in [-0.3, -0.25) is 15.0 Å². The number of thiophene rings is 1. The second-order valence-electron chi connectivity index (χ2n) is 5.64. The molecule has 28 heavy (non-hydrogen) atoms. The molecule has 1 fully saturated rings. The number of furan rings is 1. The minimum absolute atomic E-state index is 0.255. The molecule has 1 aliphatic heterocycles. The number of nitrogens with zero attached hydrogens (tertiary/aromatic N) is 1. The third-order valence-corrected chi connectivity index (χ3v) is 6.20. The van der Waals surface area contributed by atoms with Crippen LogP contribution in [-0.2, 0) is 4.79 Å². The molecular formula is C19H11ClN2O3S3. The van der Waals surface area contributed by atoms with Crippen molar-refractivity contribution in [3.63, 3.8) is 0 Å². The smallest absolute Gasteiger partial charge is 0.285 e. The van der Waals surface area contributed by atoms with Gasteiger partial charge in [-0.05, 0) is 60.1 Å². The lowest BCUT2D eigenvalue weighted by atomic mass is 10.2. The summed E-state index contributed by atoms with van der Waals surface area (Å²) >= 11 is 13.5. The number of thiocarbonyl (C=S) groups is 1. The Bertz CT molecular complexity index is 1090. The minimum atomic E-state index is -0.399. The molecule has 1 N–H and O–H groups in total. The summed E-state index contributed by atoms with van der Waals surface area (Å²) in [6.45, 7) is 0. The molecule has 1 aliphatic rings. The van der Waals surface area contributed by atoms with Gasteiger partial charge in [-0.15, -0.1) is 11.3 Å². The zero-order valence-electron chi connectivity index (χ0n) is 14.0. The van der Waals surface area contributed by atoms with E-state index >= 15 is 0 Å². The number of hydrogen-bond acceptors (Lipinski definition) is 6. The van der Waals surface area contributed by atoms with Crippen molar-refractivity contribution >= 4 is 69.1 Å². The molecule has 0 aliphatic carbocycles. The average Bonchev–Trinajstić information content (AvgIpc) is 3.41. The van der Waals surface area contributed by atoms with Crippen molar-refractivity contribution < 1.29 is 14.0 Å². The van der Waals surface area contributed by atoms with Gasteiger partial charge in [-0.2, -0.15) is 5.01 Å². The van der Waals surface area contributed by atoms with Gasteiger partial charge in [-0.1, -0.05) is 29.4 Å². The summed E-state index contributed by atoms with van der Waals surface area (Å²) in [5, 5.41) is 3.51. The Morgan fingerprint density at radius 2 is 1.96 bits per heavy atom. The molecule has 2 aromatic heterocycles. The summed E-state index contributed by atoms with van der Waals surface area (Å²) in [6, 6.07) is 14.3. The van der Waals surface area contributed by atoms with E-state index < -0.39 is 5.91 Å². The minimum Gasteiger partial charge on any atom is -0.457 e. The molecule has 0 radical (unpaired) electrons. The Labute approximate surface area is 178 Å². The van der Waals surface area contributed by atoms with Crippen LogP contribution in [0.2, 0.25) is 5.02 Å². The van der Waals surface area contributed by atoms with Crippen molar-refractivity contribution in [2.45, 2.75) is 0 Å². The molecule has 0 spiro atoms. The van der Waals surface area contributed by atoms with Crippen LogP contribution in [0.3, 0.4) is 0 Å². The Morgan fingerprint density at radius 3 is 2.68 bits per heavy atom. The number of hydrogen-bond donors (Lipinski definition) is 1. The Morgan fingerprint density at radius 1 is 1.18 bits per heavy atom. The highest BCUT2D eigenvalue weighted by Gasteiger charge is 2.34. The van der Waals surface area contributed by atoms with Gasteiger partial charge in [0.2, 0.25) is 0 Å². The highest BCUT2D eigenvalue weighted by molar-refractivity contribution is 8.26. The molecule has 1 saturated heterocycles. The molecular weight excluding hydrogens is 436 g/mol. The van der Waals surface area contributed by atoms with E-state index in [0.717, 1.165) is 22.3 Å². The van der Waals surface area contributed by atoms with Crippen molar-refractivity contribution in [3.8, 4) is 11.3 Å². The van der Waals surface area contributed by atoms with Gasteiger partial charge in [0.05, 0.1) is 9.78 Å². The summed E-state index contributed by atoms with van der Waals surface area (Å²) in [5.41, 5.74) is 3.42. The largest absolute Gasteiger partial charge is 0.457 e. The van der Waals surface area contributed by atoms with E-state index in [2.05, 4.69) is 5.43 Å². The van der Waals surface area contributed by atoms with E-state index in [-0.39, 0.29) is 10.2 Å². The van der Waals surface area contributed by atoms with Gasteiger partial charge in [-0.25, -0.2) is 0 Å². The van der Waals surface area contributed by atoms with Crippen molar-refractivity contribution in [1.82, 2.24) is 10.4 Å². The van der Waals surface area contributed by atoms with Crippen LogP contribution in [0.5, 0.6) is 0 Å². The van der Waals surface area contributed by atoms with Gasteiger partial charge < -0.3 is 4.42 Å². The monoisotopic (exact) mass is 446 g/mol. The van der Waals surface area contributed by atoms with Crippen LogP contribution < -0.4 is 5.43 Å². The highest BCUT2D eigenvalue weighted by Crippen LogP contribution is 2.33. The number of carbonyl (C=O) groups excluding carboxylic acids is 2. The number of hydrazine groups is 1. The highest BCUT2D eigenvalue weighted by atomic mass is 35.5. The lowest BCUT2D eigenvalue weighted by Crippen LogP contribution is -2.44. The molecule has 0 saturated carbocycles. The summed E-state index contributed by atoms with van der Waals surface area (Å²) in [5.74, 6) is 0.388. The molecule has 3 heterocycles. The third-order valence-electron chi connectivity index (χ3n) is 3.78. The predicted octanol–water partition coefficient (Wildman–Crippen LogP) is 5.21. The van der Waals surface area contributed by atoms with Gasteiger partial charge in [0, 0.05) is 16.7 Å². The second-order valence-corrected chi connectivity index (χ2v) is 8.70. The fourth-order valence-electron chi connectivity index (χ4n) is 2.46.